The summed E-state index contributed by atoms with van der Waals surface area (Å²) in [6, 6.07) is 0. The van der Waals surface area contributed by atoms with Crippen LogP contribution in [0.5, 0.6) is 0 Å². The summed E-state index contributed by atoms with van der Waals surface area (Å²) in [7, 11) is 0. The standard InChI is InChI=1S/C21H32N4O3/c1-16(26)24-21(13-7-2-3-8-14-21)20-23-19(28-25-20)12-11-18(27)22-15-17-9-5-4-6-10-17/h4-5,17H,2-3,6-15H2,1H3,(H,22,27)(H,24,26). The number of nitrogens with one attached hydrogen (secondary N) is 2. The molecule has 0 bridgehead atoms. The van der Waals surface area contributed by atoms with Crippen molar-refractivity contribution in [3.8, 4) is 0 Å². The van der Waals surface area contributed by atoms with Crippen LogP contribution in [0.1, 0.15) is 82.8 Å². The molecule has 1 atom stereocenters. The van der Waals surface area contributed by atoms with Gasteiger partial charge in [0.1, 0.15) is 5.54 Å². The van der Waals surface area contributed by atoms with Crippen LogP contribution < -0.4 is 10.6 Å². The van der Waals surface area contributed by atoms with Gasteiger partial charge in [-0.1, -0.05) is 43.0 Å². The Hall–Kier alpha value is -2.18. The van der Waals surface area contributed by atoms with Crippen LogP contribution in [-0.4, -0.2) is 28.5 Å². The first-order valence-electron chi connectivity index (χ1n) is 10.6. The molecule has 7 nitrogen and oxygen atoms in total. The lowest BCUT2D eigenvalue weighted by molar-refractivity contribution is -0.122. The highest BCUT2D eigenvalue weighted by Gasteiger charge is 2.38. The van der Waals surface area contributed by atoms with Crippen molar-refractivity contribution in [3.63, 3.8) is 0 Å². The molecule has 2 N–H and O–H groups in total. The third kappa shape index (κ3) is 5.66. The van der Waals surface area contributed by atoms with Gasteiger partial charge in [0.15, 0.2) is 5.82 Å². The van der Waals surface area contributed by atoms with Gasteiger partial charge in [-0.15, -0.1) is 0 Å². The highest BCUT2D eigenvalue weighted by atomic mass is 16.5. The molecule has 1 aromatic rings. The molecule has 7 heteroatoms. The van der Waals surface area contributed by atoms with Gasteiger partial charge < -0.3 is 15.2 Å². The van der Waals surface area contributed by atoms with E-state index in [1.165, 1.54) is 6.92 Å². The van der Waals surface area contributed by atoms with E-state index < -0.39 is 5.54 Å². The molecule has 154 valence electrons. The van der Waals surface area contributed by atoms with Crippen LogP contribution in [0, 0.1) is 5.92 Å². The summed E-state index contributed by atoms with van der Waals surface area (Å²) in [5, 5.41) is 10.3. The fourth-order valence-electron chi connectivity index (χ4n) is 4.23. The predicted molar refractivity (Wildman–Crippen MR) is 105 cm³/mol. The van der Waals surface area contributed by atoms with Crippen LogP contribution in [0.25, 0.3) is 0 Å². The van der Waals surface area contributed by atoms with Crippen molar-refractivity contribution in [1.82, 2.24) is 20.8 Å². The molecule has 0 spiro atoms. The normalized spacial score (nSPS) is 21.7. The van der Waals surface area contributed by atoms with Crippen LogP contribution in [0.4, 0.5) is 0 Å². The number of nitrogens with zero attached hydrogens (tertiary/aromatic N) is 2. The molecule has 1 saturated carbocycles. The lowest BCUT2D eigenvalue weighted by Crippen LogP contribution is -2.45. The zero-order chi connectivity index (χ0) is 19.8. The molecule has 1 unspecified atom stereocenters. The van der Waals surface area contributed by atoms with Crippen LogP contribution in [0.15, 0.2) is 16.7 Å². The maximum Gasteiger partial charge on any atom is 0.227 e. The first kappa shape index (κ1) is 20.6. The van der Waals surface area contributed by atoms with E-state index in [2.05, 4.69) is 32.9 Å². The summed E-state index contributed by atoms with van der Waals surface area (Å²) in [4.78, 5) is 28.5. The highest BCUT2D eigenvalue weighted by Crippen LogP contribution is 2.34. The maximum atomic E-state index is 12.1. The van der Waals surface area contributed by atoms with E-state index in [-0.39, 0.29) is 11.8 Å². The van der Waals surface area contributed by atoms with Gasteiger partial charge in [0.25, 0.3) is 0 Å². The minimum absolute atomic E-state index is 0.0142. The smallest absolute Gasteiger partial charge is 0.227 e. The zero-order valence-corrected chi connectivity index (χ0v) is 16.8. The van der Waals surface area contributed by atoms with Gasteiger partial charge >= 0.3 is 0 Å². The number of allylic oxidation sites excluding steroid dienone is 2. The summed E-state index contributed by atoms with van der Waals surface area (Å²) in [6.45, 7) is 2.25. The second-order valence-electron chi connectivity index (χ2n) is 8.14. The molecule has 1 aromatic heterocycles. The number of carbonyl (C=O) groups excluding carboxylic acids is 2. The van der Waals surface area contributed by atoms with Gasteiger partial charge in [-0.2, -0.15) is 4.98 Å². The van der Waals surface area contributed by atoms with E-state index in [0.29, 0.717) is 30.5 Å². The topological polar surface area (TPSA) is 97.1 Å². The van der Waals surface area contributed by atoms with Crippen LogP contribution >= 0.6 is 0 Å². The Morgan fingerprint density at radius 3 is 2.68 bits per heavy atom. The quantitative estimate of drug-likeness (QED) is 0.552. The molecule has 0 aliphatic heterocycles. The third-order valence-electron chi connectivity index (χ3n) is 5.80. The van der Waals surface area contributed by atoms with E-state index in [9.17, 15) is 9.59 Å². The van der Waals surface area contributed by atoms with Gasteiger partial charge in [-0.3, -0.25) is 9.59 Å². The lowest BCUT2D eigenvalue weighted by atomic mass is 9.89. The number of amides is 2. The molecular formula is C21H32N4O3. The number of aromatic nitrogens is 2. The number of aryl methyl sites for hydroxylation is 1. The zero-order valence-electron chi connectivity index (χ0n) is 16.8. The molecule has 2 aliphatic rings. The van der Waals surface area contributed by atoms with Gasteiger partial charge in [0, 0.05) is 26.3 Å². The van der Waals surface area contributed by atoms with E-state index in [1.54, 1.807) is 0 Å². The van der Waals surface area contributed by atoms with Crippen LogP contribution in [-0.2, 0) is 21.5 Å². The number of hydrogen-bond donors (Lipinski definition) is 2. The Morgan fingerprint density at radius 2 is 2.00 bits per heavy atom. The first-order chi connectivity index (χ1) is 13.6. The van der Waals surface area contributed by atoms with E-state index in [4.69, 9.17) is 4.52 Å². The molecule has 1 fully saturated rings. The lowest BCUT2D eigenvalue weighted by Gasteiger charge is -2.30. The SMILES string of the molecule is CC(=O)NC1(c2noc(CCC(=O)NCC3CC=CCC3)n2)CCCCCC1. The van der Waals surface area contributed by atoms with Gasteiger partial charge in [-0.25, -0.2) is 0 Å². The van der Waals surface area contributed by atoms with Crippen molar-refractivity contribution in [2.45, 2.75) is 83.1 Å². The Balaban J connectivity index is 1.53. The molecule has 0 aromatic carbocycles. The number of hydrogen-bond acceptors (Lipinski definition) is 5. The molecular weight excluding hydrogens is 356 g/mol. The van der Waals surface area contributed by atoms with E-state index in [1.807, 2.05) is 0 Å². The predicted octanol–water partition coefficient (Wildman–Crippen LogP) is 3.16. The van der Waals surface area contributed by atoms with Crippen molar-refractivity contribution in [2.24, 2.45) is 5.92 Å². The van der Waals surface area contributed by atoms with Crippen molar-refractivity contribution >= 4 is 11.8 Å². The monoisotopic (exact) mass is 388 g/mol. The molecule has 2 aliphatic carbocycles. The Kier molecular flexibility index (Phi) is 7.23. The summed E-state index contributed by atoms with van der Waals surface area (Å²) >= 11 is 0. The Morgan fingerprint density at radius 1 is 1.21 bits per heavy atom. The van der Waals surface area contributed by atoms with Gasteiger partial charge in [0.05, 0.1) is 0 Å². The van der Waals surface area contributed by atoms with Crippen molar-refractivity contribution < 1.29 is 14.1 Å². The van der Waals surface area contributed by atoms with Crippen LogP contribution in [0.3, 0.4) is 0 Å². The average molecular weight is 389 g/mol. The molecule has 0 saturated heterocycles. The maximum absolute atomic E-state index is 12.1. The fourth-order valence-corrected chi connectivity index (χ4v) is 4.23. The van der Waals surface area contributed by atoms with E-state index >= 15 is 0 Å². The van der Waals surface area contributed by atoms with Crippen molar-refractivity contribution in [2.75, 3.05) is 6.54 Å². The largest absolute Gasteiger partial charge is 0.356 e. The van der Waals surface area contributed by atoms with Crippen molar-refractivity contribution in [3.05, 3.63) is 23.9 Å². The summed E-state index contributed by atoms with van der Waals surface area (Å²) in [5.41, 5.74) is -0.541. The second-order valence-corrected chi connectivity index (χ2v) is 8.14. The highest BCUT2D eigenvalue weighted by molar-refractivity contribution is 5.76. The van der Waals surface area contributed by atoms with Crippen LogP contribution in [0.2, 0.25) is 0 Å². The summed E-state index contributed by atoms with van der Waals surface area (Å²) in [5.74, 6) is 1.48. The fraction of sp³-hybridized carbons (Fsp3) is 0.714. The third-order valence-corrected chi connectivity index (χ3v) is 5.80. The minimum Gasteiger partial charge on any atom is -0.356 e. The summed E-state index contributed by atoms with van der Waals surface area (Å²) in [6.07, 6.45) is 14.4. The van der Waals surface area contributed by atoms with Crippen molar-refractivity contribution in [1.29, 1.82) is 0 Å². The van der Waals surface area contributed by atoms with Gasteiger partial charge in [0.2, 0.25) is 17.7 Å². The number of carbonyl (C=O) groups is 2. The molecule has 0 radical (unpaired) electrons. The number of rotatable bonds is 7. The molecule has 3 rings (SSSR count). The second kappa shape index (κ2) is 9.85. The minimum atomic E-state index is -0.541. The average Bonchev–Trinajstić information content (AvgIpc) is 3.05. The first-order valence-corrected chi connectivity index (χ1v) is 10.6. The van der Waals surface area contributed by atoms with E-state index in [0.717, 1.165) is 64.3 Å². The summed E-state index contributed by atoms with van der Waals surface area (Å²) < 4.78 is 5.41. The van der Waals surface area contributed by atoms with Gasteiger partial charge in [-0.05, 0) is 38.0 Å². The Bertz CT molecular complexity index is 690. The molecule has 28 heavy (non-hydrogen) atoms. The molecule has 1 heterocycles. The Labute approximate surface area is 166 Å². The molecule has 2 amide bonds.